The van der Waals surface area contributed by atoms with E-state index in [9.17, 15) is 4.79 Å². The van der Waals surface area contributed by atoms with E-state index in [1.54, 1.807) is 10.9 Å². The van der Waals surface area contributed by atoms with Gasteiger partial charge in [0, 0.05) is 11.3 Å². The van der Waals surface area contributed by atoms with Crippen molar-refractivity contribution in [2.24, 2.45) is 0 Å². The Hall–Kier alpha value is -4.19. The number of carbonyl (C=O) groups excluding carboxylic acids is 1. The second kappa shape index (κ2) is 7.33. The van der Waals surface area contributed by atoms with E-state index in [0.29, 0.717) is 11.3 Å². The predicted octanol–water partition coefficient (Wildman–Crippen LogP) is 4.98. The molecule has 0 saturated heterocycles. The highest BCUT2D eigenvalue weighted by Crippen LogP contribution is 2.23. The van der Waals surface area contributed by atoms with Gasteiger partial charge < -0.3 is 10.3 Å². The molecule has 2 aromatic heterocycles. The standard InChI is InChI=1S/C24H19N5O/c1-16-20(15-25-29(16)19-7-3-2-4-8-19)24(30)26-18-13-11-17(12-14-18)23-27-21-9-5-6-10-22(21)28-23/h2-15H,1H3,(H,26,30)(H,27,28). The summed E-state index contributed by atoms with van der Waals surface area (Å²) in [4.78, 5) is 20.7. The fourth-order valence-corrected chi connectivity index (χ4v) is 3.46. The van der Waals surface area contributed by atoms with Crippen LogP contribution in [0, 0.1) is 6.92 Å². The molecule has 2 N–H and O–H groups in total. The minimum atomic E-state index is -0.189. The van der Waals surface area contributed by atoms with Crippen molar-refractivity contribution in [1.29, 1.82) is 0 Å². The highest BCUT2D eigenvalue weighted by molar-refractivity contribution is 6.05. The first-order chi connectivity index (χ1) is 14.7. The number of aromatic nitrogens is 4. The van der Waals surface area contributed by atoms with Crippen molar-refractivity contribution in [2.45, 2.75) is 6.92 Å². The van der Waals surface area contributed by atoms with Gasteiger partial charge in [-0.1, -0.05) is 30.3 Å². The molecule has 0 saturated carbocycles. The van der Waals surface area contributed by atoms with Gasteiger partial charge in [0.25, 0.3) is 5.91 Å². The first-order valence-electron chi connectivity index (χ1n) is 9.65. The van der Waals surface area contributed by atoms with Crippen molar-refractivity contribution in [3.05, 3.63) is 96.3 Å². The summed E-state index contributed by atoms with van der Waals surface area (Å²) in [6.07, 6.45) is 1.60. The van der Waals surface area contributed by atoms with Crippen molar-refractivity contribution >= 4 is 22.6 Å². The molecule has 0 fully saturated rings. The Morgan fingerprint density at radius 3 is 2.43 bits per heavy atom. The number of anilines is 1. The van der Waals surface area contributed by atoms with Gasteiger partial charge in [0.15, 0.2) is 0 Å². The molecule has 0 unspecified atom stereocenters. The second-order valence-electron chi connectivity index (χ2n) is 7.03. The summed E-state index contributed by atoms with van der Waals surface area (Å²) in [6, 6.07) is 25.3. The summed E-state index contributed by atoms with van der Waals surface area (Å²) in [5, 5.41) is 7.31. The van der Waals surface area contributed by atoms with Crippen LogP contribution in [0.15, 0.2) is 85.1 Å². The molecule has 0 radical (unpaired) electrons. The number of amides is 1. The molecule has 6 heteroatoms. The number of fused-ring (bicyclic) bond motifs is 1. The maximum atomic E-state index is 12.8. The number of para-hydroxylation sites is 3. The molecule has 5 rings (SSSR count). The quantitative estimate of drug-likeness (QED) is 0.452. The fraction of sp³-hybridized carbons (Fsp3) is 0.0417. The van der Waals surface area contributed by atoms with Crippen molar-refractivity contribution in [2.75, 3.05) is 5.32 Å². The van der Waals surface area contributed by atoms with Crippen LogP contribution in [0.2, 0.25) is 0 Å². The van der Waals surface area contributed by atoms with Crippen molar-refractivity contribution < 1.29 is 4.79 Å². The zero-order chi connectivity index (χ0) is 20.5. The Balaban J connectivity index is 1.35. The third-order valence-corrected chi connectivity index (χ3v) is 5.06. The first kappa shape index (κ1) is 17.9. The first-order valence-corrected chi connectivity index (χ1v) is 9.65. The van der Waals surface area contributed by atoms with Gasteiger partial charge in [-0.25, -0.2) is 9.67 Å². The lowest BCUT2D eigenvalue weighted by Gasteiger charge is -2.07. The van der Waals surface area contributed by atoms with Crippen LogP contribution in [0.5, 0.6) is 0 Å². The summed E-state index contributed by atoms with van der Waals surface area (Å²) < 4.78 is 1.76. The van der Waals surface area contributed by atoms with E-state index >= 15 is 0 Å². The van der Waals surface area contributed by atoms with Crippen LogP contribution in [0.3, 0.4) is 0 Å². The fourth-order valence-electron chi connectivity index (χ4n) is 3.46. The van der Waals surface area contributed by atoms with Crippen LogP contribution in [0.1, 0.15) is 16.1 Å². The molecule has 3 aromatic carbocycles. The minimum absolute atomic E-state index is 0.189. The second-order valence-corrected chi connectivity index (χ2v) is 7.03. The zero-order valence-electron chi connectivity index (χ0n) is 16.3. The number of aromatic amines is 1. The molecule has 146 valence electrons. The monoisotopic (exact) mass is 393 g/mol. The van der Waals surface area contributed by atoms with Crippen LogP contribution >= 0.6 is 0 Å². The van der Waals surface area contributed by atoms with Gasteiger partial charge in [-0.2, -0.15) is 5.10 Å². The Kier molecular flexibility index (Phi) is 4.37. The van der Waals surface area contributed by atoms with E-state index in [-0.39, 0.29) is 5.91 Å². The van der Waals surface area contributed by atoms with Gasteiger partial charge in [-0.3, -0.25) is 4.79 Å². The molecule has 1 amide bonds. The molecule has 2 heterocycles. The number of imidazole rings is 1. The number of rotatable bonds is 4. The average Bonchev–Trinajstić information content (AvgIpc) is 3.38. The van der Waals surface area contributed by atoms with E-state index in [1.165, 1.54) is 0 Å². The Morgan fingerprint density at radius 2 is 1.67 bits per heavy atom. The normalized spacial score (nSPS) is 11.0. The van der Waals surface area contributed by atoms with Gasteiger partial charge >= 0.3 is 0 Å². The number of H-pyrrole nitrogens is 1. The van der Waals surface area contributed by atoms with Gasteiger partial charge in [0.1, 0.15) is 5.82 Å². The predicted molar refractivity (Wildman–Crippen MR) is 118 cm³/mol. The van der Waals surface area contributed by atoms with E-state index in [0.717, 1.165) is 33.8 Å². The van der Waals surface area contributed by atoms with Crippen molar-refractivity contribution in [1.82, 2.24) is 19.7 Å². The number of carbonyl (C=O) groups is 1. The number of nitrogens with zero attached hydrogens (tertiary/aromatic N) is 3. The highest BCUT2D eigenvalue weighted by Gasteiger charge is 2.15. The molecule has 0 atom stereocenters. The summed E-state index contributed by atoms with van der Waals surface area (Å²) in [5.41, 5.74) is 5.85. The summed E-state index contributed by atoms with van der Waals surface area (Å²) in [7, 11) is 0. The number of hydrogen-bond acceptors (Lipinski definition) is 3. The molecule has 0 aliphatic rings. The lowest BCUT2D eigenvalue weighted by atomic mass is 10.2. The van der Waals surface area contributed by atoms with E-state index in [4.69, 9.17) is 0 Å². The molecular formula is C24H19N5O. The van der Waals surface area contributed by atoms with Crippen LogP contribution in [0.25, 0.3) is 28.1 Å². The molecule has 30 heavy (non-hydrogen) atoms. The van der Waals surface area contributed by atoms with Crippen LogP contribution in [-0.4, -0.2) is 25.7 Å². The van der Waals surface area contributed by atoms with Gasteiger partial charge in [0.2, 0.25) is 0 Å². The van der Waals surface area contributed by atoms with Crippen molar-refractivity contribution in [3.8, 4) is 17.1 Å². The van der Waals surface area contributed by atoms with Crippen LogP contribution in [0.4, 0.5) is 5.69 Å². The van der Waals surface area contributed by atoms with E-state index in [2.05, 4.69) is 20.4 Å². The Labute approximate surface area is 173 Å². The molecule has 6 nitrogen and oxygen atoms in total. The zero-order valence-corrected chi connectivity index (χ0v) is 16.3. The molecule has 5 aromatic rings. The molecule has 0 aliphatic heterocycles. The Bertz CT molecular complexity index is 1300. The molecular weight excluding hydrogens is 374 g/mol. The third-order valence-electron chi connectivity index (χ3n) is 5.06. The smallest absolute Gasteiger partial charge is 0.259 e. The lowest BCUT2D eigenvalue weighted by Crippen LogP contribution is -2.13. The van der Waals surface area contributed by atoms with Gasteiger partial charge in [0.05, 0.1) is 34.2 Å². The van der Waals surface area contributed by atoms with Crippen molar-refractivity contribution in [3.63, 3.8) is 0 Å². The summed E-state index contributed by atoms with van der Waals surface area (Å²) >= 11 is 0. The van der Waals surface area contributed by atoms with Gasteiger partial charge in [-0.15, -0.1) is 0 Å². The largest absolute Gasteiger partial charge is 0.338 e. The maximum absolute atomic E-state index is 12.8. The molecule has 0 bridgehead atoms. The molecule has 0 spiro atoms. The average molecular weight is 393 g/mol. The number of nitrogens with one attached hydrogen (secondary N) is 2. The van der Waals surface area contributed by atoms with E-state index in [1.807, 2.05) is 85.8 Å². The lowest BCUT2D eigenvalue weighted by molar-refractivity contribution is 0.102. The highest BCUT2D eigenvalue weighted by atomic mass is 16.1. The number of hydrogen-bond donors (Lipinski definition) is 2. The third kappa shape index (κ3) is 3.24. The van der Waals surface area contributed by atoms with Crippen LogP contribution in [-0.2, 0) is 0 Å². The van der Waals surface area contributed by atoms with E-state index < -0.39 is 0 Å². The summed E-state index contributed by atoms with van der Waals surface area (Å²) in [6.45, 7) is 1.89. The minimum Gasteiger partial charge on any atom is -0.338 e. The SMILES string of the molecule is Cc1c(C(=O)Nc2ccc(-c3nc4ccccc4[nH]3)cc2)cnn1-c1ccccc1. The Morgan fingerprint density at radius 1 is 0.933 bits per heavy atom. The topological polar surface area (TPSA) is 75.6 Å². The maximum Gasteiger partial charge on any atom is 0.259 e. The molecule has 0 aliphatic carbocycles. The number of benzene rings is 3. The van der Waals surface area contributed by atoms with Gasteiger partial charge in [-0.05, 0) is 55.5 Å². The summed E-state index contributed by atoms with van der Waals surface area (Å²) in [5.74, 6) is 0.611. The van der Waals surface area contributed by atoms with Crippen LogP contribution < -0.4 is 5.32 Å².